The molecule has 0 atom stereocenters. The van der Waals surface area contributed by atoms with Gasteiger partial charge in [0.2, 0.25) is 5.91 Å². The minimum atomic E-state index is -0.167. The number of hydrogen-bond donors (Lipinski definition) is 1. The minimum absolute atomic E-state index is 0.133. The van der Waals surface area contributed by atoms with Crippen LogP contribution in [0.4, 0.5) is 5.69 Å². The lowest BCUT2D eigenvalue weighted by Crippen LogP contribution is -2.18. The zero-order chi connectivity index (χ0) is 20.8. The molecule has 0 radical (unpaired) electrons. The molecule has 1 aromatic carbocycles. The normalized spacial score (nSPS) is 10.8. The number of halogens is 1. The summed E-state index contributed by atoms with van der Waals surface area (Å²) in [5.41, 5.74) is 2.50. The van der Waals surface area contributed by atoms with Gasteiger partial charge in [-0.1, -0.05) is 6.07 Å². The Morgan fingerprint density at radius 3 is 2.59 bits per heavy atom. The number of aryl methyl sites for hydroxylation is 1. The van der Waals surface area contributed by atoms with Crippen LogP contribution in [0.15, 0.2) is 41.3 Å². The average Bonchev–Trinajstić information content (AvgIpc) is 3.23. The Labute approximate surface area is 177 Å². The zero-order valence-electron chi connectivity index (χ0n) is 16.7. The Bertz CT molecular complexity index is 963. The number of carbonyl (C=O) groups is 1. The molecule has 1 amide bonds. The Morgan fingerprint density at radius 1 is 1.14 bits per heavy atom. The molecule has 0 aliphatic heterocycles. The number of aromatic nitrogens is 4. The molecule has 0 saturated carbocycles. The zero-order valence-corrected chi connectivity index (χ0v) is 18.3. The number of anilines is 1. The van der Waals surface area contributed by atoms with Crippen LogP contribution in [0.3, 0.4) is 0 Å². The van der Waals surface area contributed by atoms with Gasteiger partial charge in [0, 0.05) is 12.4 Å². The van der Waals surface area contributed by atoms with Gasteiger partial charge in [-0.2, -0.15) is 10.2 Å². The molecule has 2 heterocycles. The molecule has 29 heavy (non-hydrogen) atoms. The number of nitrogens with one attached hydrogen (secondary N) is 1. The second kappa shape index (κ2) is 9.60. The van der Waals surface area contributed by atoms with Crippen molar-refractivity contribution in [2.24, 2.45) is 0 Å². The van der Waals surface area contributed by atoms with Gasteiger partial charge in [-0.05, 0) is 54.4 Å². The quantitative estimate of drug-likeness (QED) is 0.525. The van der Waals surface area contributed by atoms with Gasteiger partial charge in [0.05, 0.1) is 41.8 Å². The van der Waals surface area contributed by atoms with Gasteiger partial charge in [0.25, 0.3) is 0 Å². The third-order valence-electron chi connectivity index (χ3n) is 4.06. The van der Waals surface area contributed by atoms with Crippen LogP contribution in [-0.2, 0) is 17.9 Å². The number of amides is 1. The van der Waals surface area contributed by atoms with Crippen LogP contribution < -0.4 is 14.8 Å². The van der Waals surface area contributed by atoms with Gasteiger partial charge in [-0.3, -0.25) is 14.2 Å². The van der Waals surface area contributed by atoms with E-state index in [1.807, 2.05) is 39.0 Å². The maximum atomic E-state index is 12.2. The molecule has 0 bridgehead atoms. The van der Waals surface area contributed by atoms with Crippen molar-refractivity contribution in [2.75, 3.05) is 18.5 Å². The third-order valence-corrected chi connectivity index (χ3v) is 4.84. The summed E-state index contributed by atoms with van der Waals surface area (Å²) in [5.74, 6) is 1.28. The SMILES string of the molecule is CCOc1ccc(Cn2cc(NC(=O)Cn3cc(Br)c(C)n3)cn2)cc1OCC. The van der Waals surface area contributed by atoms with Crippen molar-refractivity contribution in [1.82, 2.24) is 19.6 Å². The molecule has 2 aromatic heterocycles. The second-order valence-electron chi connectivity index (χ2n) is 6.38. The lowest BCUT2D eigenvalue weighted by Gasteiger charge is -2.12. The highest BCUT2D eigenvalue weighted by Gasteiger charge is 2.10. The first-order valence-electron chi connectivity index (χ1n) is 9.38. The largest absolute Gasteiger partial charge is 0.490 e. The Hall–Kier alpha value is -2.81. The fraction of sp³-hybridized carbons (Fsp3) is 0.350. The van der Waals surface area contributed by atoms with Crippen molar-refractivity contribution in [1.29, 1.82) is 0 Å². The molecule has 0 saturated heterocycles. The topological polar surface area (TPSA) is 83.2 Å². The van der Waals surface area contributed by atoms with Crippen LogP contribution >= 0.6 is 15.9 Å². The van der Waals surface area contributed by atoms with E-state index in [4.69, 9.17) is 9.47 Å². The summed E-state index contributed by atoms with van der Waals surface area (Å²) in [6.45, 7) is 7.58. The highest BCUT2D eigenvalue weighted by atomic mass is 79.9. The number of hydrogen-bond acceptors (Lipinski definition) is 5. The van der Waals surface area contributed by atoms with Crippen molar-refractivity contribution in [3.05, 3.63) is 52.5 Å². The van der Waals surface area contributed by atoms with Gasteiger partial charge < -0.3 is 14.8 Å². The van der Waals surface area contributed by atoms with E-state index in [9.17, 15) is 4.79 Å². The van der Waals surface area contributed by atoms with Gasteiger partial charge in [0.1, 0.15) is 6.54 Å². The van der Waals surface area contributed by atoms with Gasteiger partial charge >= 0.3 is 0 Å². The summed E-state index contributed by atoms with van der Waals surface area (Å²) in [6.07, 6.45) is 5.19. The van der Waals surface area contributed by atoms with E-state index in [2.05, 4.69) is 31.4 Å². The fourth-order valence-electron chi connectivity index (χ4n) is 2.82. The van der Waals surface area contributed by atoms with Crippen LogP contribution in [0.25, 0.3) is 0 Å². The number of carbonyl (C=O) groups excluding carboxylic acids is 1. The number of rotatable bonds is 9. The number of ether oxygens (including phenoxy) is 2. The maximum Gasteiger partial charge on any atom is 0.246 e. The molecule has 0 aliphatic rings. The molecule has 8 nitrogen and oxygen atoms in total. The smallest absolute Gasteiger partial charge is 0.246 e. The first kappa shape index (κ1) is 20.9. The van der Waals surface area contributed by atoms with Crippen molar-refractivity contribution in [3.8, 4) is 11.5 Å². The lowest BCUT2D eigenvalue weighted by molar-refractivity contribution is -0.116. The van der Waals surface area contributed by atoms with Crippen molar-refractivity contribution in [3.63, 3.8) is 0 Å². The molecule has 0 spiro atoms. The predicted molar refractivity (Wildman–Crippen MR) is 113 cm³/mol. The molecule has 0 aliphatic carbocycles. The molecule has 1 N–H and O–H groups in total. The molecule has 0 fully saturated rings. The molecule has 154 valence electrons. The Balaban J connectivity index is 1.62. The van der Waals surface area contributed by atoms with Crippen LogP contribution in [0.5, 0.6) is 11.5 Å². The third kappa shape index (κ3) is 5.60. The molecule has 3 aromatic rings. The van der Waals surface area contributed by atoms with E-state index in [1.165, 1.54) is 0 Å². The summed E-state index contributed by atoms with van der Waals surface area (Å²) in [7, 11) is 0. The minimum Gasteiger partial charge on any atom is -0.490 e. The van der Waals surface area contributed by atoms with Gasteiger partial charge in [-0.25, -0.2) is 0 Å². The highest BCUT2D eigenvalue weighted by Crippen LogP contribution is 2.29. The van der Waals surface area contributed by atoms with Crippen molar-refractivity contribution in [2.45, 2.75) is 33.9 Å². The van der Waals surface area contributed by atoms with E-state index in [0.717, 1.165) is 21.5 Å². The van der Waals surface area contributed by atoms with Crippen LogP contribution in [-0.4, -0.2) is 38.7 Å². The van der Waals surface area contributed by atoms with Crippen molar-refractivity contribution < 1.29 is 14.3 Å². The second-order valence-corrected chi connectivity index (χ2v) is 7.24. The standard InChI is InChI=1S/C20H24BrN5O3/c1-4-28-18-7-6-15(8-19(18)29-5-2)10-25-11-16(9-22-25)23-20(27)13-26-12-17(21)14(3)24-26/h6-9,11-12H,4-5,10,13H2,1-3H3,(H,23,27). The van der Waals surface area contributed by atoms with E-state index < -0.39 is 0 Å². The first-order chi connectivity index (χ1) is 14.0. The summed E-state index contributed by atoms with van der Waals surface area (Å²) in [5, 5.41) is 11.4. The van der Waals surface area contributed by atoms with Gasteiger partial charge in [-0.15, -0.1) is 0 Å². The molecule has 3 rings (SSSR count). The molecule has 9 heteroatoms. The van der Waals surface area contributed by atoms with E-state index in [1.54, 1.807) is 28.0 Å². The van der Waals surface area contributed by atoms with Crippen LogP contribution in [0.1, 0.15) is 25.1 Å². The Kier molecular flexibility index (Phi) is 6.92. The molecular weight excluding hydrogens is 438 g/mol. The van der Waals surface area contributed by atoms with Crippen molar-refractivity contribution >= 4 is 27.5 Å². The first-order valence-corrected chi connectivity index (χ1v) is 10.2. The van der Waals surface area contributed by atoms with E-state index in [-0.39, 0.29) is 12.5 Å². The van der Waals surface area contributed by atoms with E-state index >= 15 is 0 Å². The van der Waals surface area contributed by atoms with Crippen LogP contribution in [0.2, 0.25) is 0 Å². The monoisotopic (exact) mass is 461 g/mol. The summed E-state index contributed by atoms with van der Waals surface area (Å²) in [6, 6.07) is 5.83. The summed E-state index contributed by atoms with van der Waals surface area (Å²) >= 11 is 3.39. The molecule has 0 unspecified atom stereocenters. The highest BCUT2D eigenvalue weighted by molar-refractivity contribution is 9.10. The van der Waals surface area contributed by atoms with E-state index in [0.29, 0.717) is 31.2 Å². The van der Waals surface area contributed by atoms with Gasteiger partial charge in [0.15, 0.2) is 11.5 Å². The molecular formula is C20H24BrN5O3. The number of benzene rings is 1. The lowest BCUT2D eigenvalue weighted by atomic mass is 10.2. The Morgan fingerprint density at radius 2 is 1.90 bits per heavy atom. The number of nitrogens with zero attached hydrogens (tertiary/aromatic N) is 4. The summed E-state index contributed by atoms with van der Waals surface area (Å²) in [4.78, 5) is 12.2. The maximum absolute atomic E-state index is 12.2. The average molecular weight is 462 g/mol. The predicted octanol–water partition coefficient (Wildman–Crippen LogP) is 3.63. The summed E-state index contributed by atoms with van der Waals surface area (Å²) < 4.78 is 15.5. The fourth-order valence-corrected chi connectivity index (χ4v) is 3.13. The van der Waals surface area contributed by atoms with Crippen LogP contribution in [0, 0.1) is 6.92 Å².